The maximum atomic E-state index is 6.06. The van der Waals surface area contributed by atoms with Gasteiger partial charge in [0.2, 0.25) is 0 Å². The molecule has 2 aliphatic heterocycles. The molecule has 28 heavy (non-hydrogen) atoms. The zero-order chi connectivity index (χ0) is 19.5. The molecule has 0 spiro atoms. The summed E-state index contributed by atoms with van der Waals surface area (Å²) >= 11 is 6.06. The maximum absolute atomic E-state index is 6.06. The fourth-order valence-electron chi connectivity index (χ4n) is 4.50. The topological polar surface area (TPSA) is 35.5 Å². The molecule has 3 heterocycles. The lowest BCUT2D eigenvalue weighted by Gasteiger charge is -2.38. The minimum Gasteiger partial charge on any atom is -0.353 e. The third-order valence-corrected chi connectivity index (χ3v) is 6.28. The van der Waals surface area contributed by atoms with Crippen molar-refractivity contribution >= 4 is 17.4 Å². The Labute approximate surface area is 173 Å². The van der Waals surface area contributed by atoms with E-state index in [1.807, 2.05) is 18.2 Å². The maximum Gasteiger partial charge on any atom is 0.151 e. The molecule has 1 aromatic carbocycles. The zero-order valence-electron chi connectivity index (χ0n) is 16.9. The average Bonchev–Trinajstić information content (AvgIpc) is 2.69. The Morgan fingerprint density at radius 2 is 1.86 bits per heavy atom. The van der Waals surface area contributed by atoms with E-state index in [9.17, 15) is 0 Å². The molecule has 2 saturated heterocycles. The first-order valence-corrected chi connectivity index (χ1v) is 10.7. The predicted molar refractivity (Wildman–Crippen MR) is 116 cm³/mol. The summed E-state index contributed by atoms with van der Waals surface area (Å²) in [4.78, 5) is 7.46. The van der Waals surface area contributed by atoms with Crippen LogP contribution in [0.2, 0.25) is 5.02 Å². The smallest absolute Gasteiger partial charge is 0.151 e. The first-order valence-electron chi connectivity index (χ1n) is 10.3. The van der Waals surface area contributed by atoms with Crippen molar-refractivity contribution in [2.24, 2.45) is 5.92 Å². The summed E-state index contributed by atoms with van der Waals surface area (Å²) in [5, 5.41) is 9.75. The number of likely N-dealkylation sites (tertiary alicyclic amines) is 1. The van der Waals surface area contributed by atoms with Gasteiger partial charge >= 0.3 is 0 Å². The van der Waals surface area contributed by atoms with Crippen molar-refractivity contribution < 1.29 is 0 Å². The van der Waals surface area contributed by atoms with Gasteiger partial charge in [-0.3, -0.25) is 4.90 Å². The third-order valence-electron chi connectivity index (χ3n) is 6.05. The minimum atomic E-state index is 0.753. The van der Waals surface area contributed by atoms with Crippen molar-refractivity contribution in [1.82, 2.24) is 20.0 Å². The number of piperidine rings is 1. The van der Waals surface area contributed by atoms with E-state index in [2.05, 4.69) is 51.0 Å². The second-order valence-electron chi connectivity index (χ2n) is 8.29. The summed E-state index contributed by atoms with van der Waals surface area (Å²) in [6.45, 7) is 10.1. The first kappa shape index (κ1) is 19.6. The van der Waals surface area contributed by atoms with Gasteiger partial charge in [0, 0.05) is 49.9 Å². The highest BCUT2D eigenvalue weighted by Crippen LogP contribution is 2.25. The van der Waals surface area contributed by atoms with E-state index < -0.39 is 0 Å². The van der Waals surface area contributed by atoms with Crippen molar-refractivity contribution in [3.63, 3.8) is 0 Å². The van der Waals surface area contributed by atoms with Gasteiger partial charge in [0.25, 0.3) is 0 Å². The summed E-state index contributed by atoms with van der Waals surface area (Å²) in [7, 11) is 2.25. The molecule has 6 heteroatoms. The highest BCUT2D eigenvalue weighted by atomic mass is 35.5. The summed E-state index contributed by atoms with van der Waals surface area (Å²) in [5.74, 6) is 1.81. The van der Waals surface area contributed by atoms with Gasteiger partial charge in [-0.05, 0) is 69.1 Å². The van der Waals surface area contributed by atoms with Crippen LogP contribution in [0.3, 0.4) is 0 Å². The molecule has 1 aromatic heterocycles. The lowest BCUT2D eigenvalue weighted by Crippen LogP contribution is -2.49. The molecule has 0 saturated carbocycles. The summed E-state index contributed by atoms with van der Waals surface area (Å²) in [6.07, 6.45) is 2.72. The molecular formula is C22H30ClN5. The number of piperazine rings is 1. The van der Waals surface area contributed by atoms with Crippen LogP contribution in [-0.4, -0.2) is 72.9 Å². The number of hydrogen-bond acceptors (Lipinski definition) is 5. The Hall–Kier alpha value is -1.69. The molecule has 1 unspecified atom stereocenters. The fraction of sp³-hybridized carbons (Fsp3) is 0.545. The van der Waals surface area contributed by atoms with Gasteiger partial charge in [0.15, 0.2) is 5.82 Å². The molecule has 4 rings (SSSR count). The summed E-state index contributed by atoms with van der Waals surface area (Å²) in [5.41, 5.74) is 3.11. The van der Waals surface area contributed by atoms with E-state index in [0.29, 0.717) is 0 Å². The van der Waals surface area contributed by atoms with E-state index in [4.69, 9.17) is 11.6 Å². The Kier molecular flexibility index (Phi) is 6.14. The third kappa shape index (κ3) is 4.65. The average molecular weight is 400 g/mol. The quantitative estimate of drug-likeness (QED) is 0.785. The van der Waals surface area contributed by atoms with E-state index in [1.54, 1.807) is 0 Å². The summed E-state index contributed by atoms with van der Waals surface area (Å²) < 4.78 is 0. The Morgan fingerprint density at radius 3 is 2.54 bits per heavy atom. The molecule has 150 valence electrons. The van der Waals surface area contributed by atoms with E-state index in [1.165, 1.54) is 32.5 Å². The van der Waals surface area contributed by atoms with Gasteiger partial charge in [-0.2, -0.15) is 0 Å². The Morgan fingerprint density at radius 1 is 1.04 bits per heavy atom. The highest BCUT2D eigenvalue weighted by molar-refractivity contribution is 6.30. The first-order chi connectivity index (χ1) is 13.6. The van der Waals surface area contributed by atoms with Crippen LogP contribution in [0, 0.1) is 12.8 Å². The molecule has 0 amide bonds. The van der Waals surface area contributed by atoms with Crippen molar-refractivity contribution in [3.8, 4) is 11.3 Å². The lowest BCUT2D eigenvalue weighted by atomic mass is 9.97. The van der Waals surface area contributed by atoms with Gasteiger partial charge in [-0.25, -0.2) is 0 Å². The Bertz CT molecular complexity index is 786. The van der Waals surface area contributed by atoms with Crippen LogP contribution < -0.4 is 4.90 Å². The standard InChI is InChI=1S/C22H30ClN5/c1-17-14-19(23)5-6-20(17)21-7-8-22(25-24-21)28-12-10-27(11-13-28)16-18-4-3-9-26(2)15-18/h5-8,14,18H,3-4,9-13,15-16H2,1-2H3. The number of hydrogen-bond donors (Lipinski definition) is 0. The van der Waals surface area contributed by atoms with Crippen LogP contribution in [0.25, 0.3) is 11.3 Å². The zero-order valence-corrected chi connectivity index (χ0v) is 17.7. The highest BCUT2D eigenvalue weighted by Gasteiger charge is 2.23. The van der Waals surface area contributed by atoms with Crippen LogP contribution in [-0.2, 0) is 0 Å². The van der Waals surface area contributed by atoms with Crippen LogP contribution in [0.4, 0.5) is 5.82 Å². The van der Waals surface area contributed by atoms with Gasteiger partial charge in [-0.15, -0.1) is 10.2 Å². The Balaban J connectivity index is 1.33. The van der Waals surface area contributed by atoms with Crippen molar-refractivity contribution in [3.05, 3.63) is 40.9 Å². The predicted octanol–water partition coefficient (Wildman–Crippen LogP) is 3.57. The normalized spacial score (nSPS) is 21.8. The molecule has 0 N–H and O–H groups in total. The number of halogens is 1. The molecule has 2 aliphatic rings. The molecule has 0 bridgehead atoms. The number of anilines is 1. The van der Waals surface area contributed by atoms with Crippen LogP contribution in [0.5, 0.6) is 0 Å². The SMILES string of the molecule is Cc1cc(Cl)ccc1-c1ccc(N2CCN(CC3CCCN(C)C3)CC2)nn1. The molecule has 0 radical (unpaired) electrons. The summed E-state index contributed by atoms with van der Waals surface area (Å²) in [6, 6.07) is 10.1. The molecule has 5 nitrogen and oxygen atoms in total. The number of nitrogens with zero attached hydrogens (tertiary/aromatic N) is 5. The number of aryl methyl sites for hydroxylation is 1. The van der Waals surface area contributed by atoms with Gasteiger partial charge < -0.3 is 9.80 Å². The van der Waals surface area contributed by atoms with Gasteiger partial charge in [-0.1, -0.05) is 17.7 Å². The van der Waals surface area contributed by atoms with Crippen LogP contribution in [0.15, 0.2) is 30.3 Å². The number of rotatable bonds is 4. The van der Waals surface area contributed by atoms with Crippen molar-refractivity contribution in [2.75, 3.05) is 57.8 Å². The molecule has 1 atom stereocenters. The number of benzene rings is 1. The second-order valence-corrected chi connectivity index (χ2v) is 8.73. The minimum absolute atomic E-state index is 0.753. The largest absolute Gasteiger partial charge is 0.353 e. The van der Waals surface area contributed by atoms with Gasteiger partial charge in [0.1, 0.15) is 0 Å². The molecular weight excluding hydrogens is 370 g/mol. The molecule has 0 aliphatic carbocycles. The van der Waals surface area contributed by atoms with E-state index in [-0.39, 0.29) is 0 Å². The van der Waals surface area contributed by atoms with Crippen LogP contribution in [0.1, 0.15) is 18.4 Å². The van der Waals surface area contributed by atoms with Crippen molar-refractivity contribution in [1.29, 1.82) is 0 Å². The second kappa shape index (κ2) is 8.76. The van der Waals surface area contributed by atoms with Crippen molar-refractivity contribution in [2.45, 2.75) is 19.8 Å². The van der Waals surface area contributed by atoms with Crippen LogP contribution >= 0.6 is 11.6 Å². The van der Waals surface area contributed by atoms with E-state index >= 15 is 0 Å². The fourth-order valence-corrected chi connectivity index (χ4v) is 4.73. The molecule has 2 fully saturated rings. The monoisotopic (exact) mass is 399 g/mol. The lowest BCUT2D eigenvalue weighted by molar-refractivity contribution is 0.147. The van der Waals surface area contributed by atoms with Gasteiger partial charge in [0.05, 0.1) is 5.69 Å². The van der Waals surface area contributed by atoms with E-state index in [0.717, 1.165) is 59.8 Å². The number of aromatic nitrogens is 2. The molecule has 2 aromatic rings.